The van der Waals surface area contributed by atoms with E-state index in [1.165, 1.54) is 6.07 Å². The molecule has 0 saturated carbocycles. The lowest BCUT2D eigenvalue weighted by Gasteiger charge is -2.36. The minimum absolute atomic E-state index is 0.114. The maximum atomic E-state index is 13.2. The van der Waals surface area contributed by atoms with Crippen LogP contribution in [-0.4, -0.2) is 44.3 Å². The molecule has 1 aliphatic heterocycles. The molecule has 0 spiro atoms. The minimum atomic E-state index is -0.182. The number of nitrogens with zero attached hydrogens (tertiary/aromatic N) is 1. The highest BCUT2D eigenvalue weighted by Crippen LogP contribution is 2.25. The Morgan fingerprint density at radius 1 is 1.53 bits per heavy atom. The Hall–Kier alpha value is -0.970. The van der Waals surface area contributed by atoms with Gasteiger partial charge in [0.2, 0.25) is 0 Å². The molecule has 0 aromatic heterocycles. The van der Waals surface area contributed by atoms with E-state index in [0.717, 1.165) is 37.4 Å². The molecule has 1 aromatic rings. The van der Waals surface area contributed by atoms with Gasteiger partial charge in [-0.25, -0.2) is 4.39 Å². The van der Waals surface area contributed by atoms with Gasteiger partial charge in [-0.3, -0.25) is 0 Å². The SMILES string of the molecule is CCNC(c1ccc(F)cc1C)C1CN(C)CCO1. The first-order valence-corrected chi connectivity index (χ1v) is 6.91. The normalized spacial score (nSPS) is 22.4. The van der Waals surface area contributed by atoms with Gasteiger partial charge in [-0.2, -0.15) is 0 Å². The van der Waals surface area contributed by atoms with Crippen LogP contribution in [0.2, 0.25) is 0 Å². The molecule has 1 aliphatic rings. The Morgan fingerprint density at radius 2 is 2.32 bits per heavy atom. The van der Waals surface area contributed by atoms with Gasteiger partial charge in [-0.05, 0) is 43.8 Å². The molecule has 2 atom stereocenters. The van der Waals surface area contributed by atoms with Crippen LogP contribution in [-0.2, 0) is 4.74 Å². The van der Waals surface area contributed by atoms with Crippen molar-refractivity contribution in [2.75, 3.05) is 33.3 Å². The summed E-state index contributed by atoms with van der Waals surface area (Å²) in [4.78, 5) is 2.28. The van der Waals surface area contributed by atoms with Crippen molar-refractivity contribution < 1.29 is 9.13 Å². The summed E-state index contributed by atoms with van der Waals surface area (Å²) in [7, 11) is 2.11. The molecule has 2 unspecified atom stereocenters. The Morgan fingerprint density at radius 3 is 2.95 bits per heavy atom. The lowest BCUT2D eigenvalue weighted by atomic mass is 9.95. The molecular formula is C15H23FN2O. The maximum Gasteiger partial charge on any atom is 0.123 e. The van der Waals surface area contributed by atoms with E-state index >= 15 is 0 Å². The summed E-state index contributed by atoms with van der Waals surface area (Å²) in [6.07, 6.45) is 0.114. The van der Waals surface area contributed by atoms with Crippen LogP contribution in [0.1, 0.15) is 24.1 Å². The van der Waals surface area contributed by atoms with Gasteiger partial charge in [0, 0.05) is 13.1 Å². The number of halogens is 1. The molecule has 0 radical (unpaired) electrons. The van der Waals surface area contributed by atoms with Gasteiger partial charge in [-0.15, -0.1) is 0 Å². The van der Waals surface area contributed by atoms with Gasteiger partial charge in [-0.1, -0.05) is 13.0 Å². The van der Waals surface area contributed by atoms with E-state index in [1.54, 1.807) is 6.07 Å². The van der Waals surface area contributed by atoms with Crippen molar-refractivity contribution in [1.29, 1.82) is 0 Å². The second-order valence-corrected chi connectivity index (χ2v) is 5.21. The smallest absolute Gasteiger partial charge is 0.123 e. The molecule has 1 saturated heterocycles. The van der Waals surface area contributed by atoms with Crippen LogP contribution in [0.25, 0.3) is 0 Å². The molecule has 1 aromatic carbocycles. The number of likely N-dealkylation sites (N-methyl/N-ethyl adjacent to an activating group) is 2. The van der Waals surface area contributed by atoms with Crippen molar-refractivity contribution in [3.8, 4) is 0 Å². The van der Waals surface area contributed by atoms with Crippen molar-refractivity contribution >= 4 is 0 Å². The van der Waals surface area contributed by atoms with Gasteiger partial charge in [0.05, 0.1) is 18.8 Å². The standard InChI is InChI=1S/C15H23FN2O/c1-4-17-15(14-10-18(3)7-8-19-14)13-6-5-12(16)9-11(13)2/h5-6,9,14-15,17H,4,7-8,10H2,1-3H3. The number of morpholine rings is 1. The van der Waals surface area contributed by atoms with Crippen molar-refractivity contribution in [3.05, 3.63) is 35.1 Å². The number of ether oxygens (including phenoxy) is 1. The van der Waals surface area contributed by atoms with Crippen LogP contribution in [0.3, 0.4) is 0 Å². The number of hydrogen-bond acceptors (Lipinski definition) is 3. The summed E-state index contributed by atoms with van der Waals surface area (Å²) < 4.78 is 19.1. The molecule has 3 nitrogen and oxygen atoms in total. The van der Waals surface area contributed by atoms with E-state index in [0.29, 0.717) is 0 Å². The van der Waals surface area contributed by atoms with Crippen molar-refractivity contribution in [2.45, 2.75) is 26.0 Å². The third-order valence-electron chi connectivity index (χ3n) is 3.66. The molecular weight excluding hydrogens is 243 g/mol. The predicted molar refractivity (Wildman–Crippen MR) is 74.8 cm³/mol. The summed E-state index contributed by atoms with van der Waals surface area (Å²) in [6, 6.07) is 5.11. The van der Waals surface area contributed by atoms with Crippen molar-refractivity contribution in [2.24, 2.45) is 0 Å². The van der Waals surface area contributed by atoms with E-state index in [9.17, 15) is 4.39 Å². The van der Waals surface area contributed by atoms with Crippen LogP contribution in [0.5, 0.6) is 0 Å². The van der Waals surface area contributed by atoms with Gasteiger partial charge in [0.15, 0.2) is 0 Å². The van der Waals surface area contributed by atoms with Gasteiger partial charge >= 0.3 is 0 Å². The second kappa shape index (κ2) is 6.46. The molecule has 19 heavy (non-hydrogen) atoms. The molecule has 1 fully saturated rings. The Kier molecular flexibility index (Phi) is 4.91. The minimum Gasteiger partial charge on any atom is -0.374 e. The average Bonchev–Trinajstić information content (AvgIpc) is 2.37. The highest BCUT2D eigenvalue weighted by molar-refractivity contribution is 5.30. The Bertz CT molecular complexity index is 425. The van der Waals surface area contributed by atoms with E-state index < -0.39 is 0 Å². The zero-order valence-electron chi connectivity index (χ0n) is 11.9. The first-order chi connectivity index (χ1) is 9.11. The van der Waals surface area contributed by atoms with Gasteiger partial charge in [0.1, 0.15) is 5.82 Å². The fourth-order valence-electron chi connectivity index (χ4n) is 2.66. The number of benzene rings is 1. The van der Waals surface area contributed by atoms with E-state index in [4.69, 9.17) is 4.74 Å². The summed E-state index contributed by atoms with van der Waals surface area (Å²) in [5.74, 6) is -0.182. The Labute approximate surface area is 114 Å². The second-order valence-electron chi connectivity index (χ2n) is 5.21. The quantitative estimate of drug-likeness (QED) is 0.903. The highest BCUT2D eigenvalue weighted by atomic mass is 19.1. The fraction of sp³-hybridized carbons (Fsp3) is 0.600. The largest absolute Gasteiger partial charge is 0.374 e. The van der Waals surface area contributed by atoms with Gasteiger partial charge in [0.25, 0.3) is 0 Å². The topological polar surface area (TPSA) is 24.5 Å². The summed E-state index contributed by atoms with van der Waals surface area (Å²) in [6.45, 7) is 7.52. The van der Waals surface area contributed by atoms with Crippen LogP contribution in [0.4, 0.5) is 4.39 Å². The van der Waals surface area contributed by atoms with Crippen LogP contribution < -0.4 is 5.32 Å². The molecule has 4 heteroatoms. The lowest BCUT2D eigenvalue weighted by molar-refractivity contribution is -0.0391. The van der Waals surface area contributed by atoms with E-state index in [2.05, 4.69) is 24.2 Å². The molecule has 106 valence electrons. The molecule has 0 amide bonds. The zero-order valence-corrected chi connectivity index (χ0v) is 11.9. The fourth-order valence-corrected chi connectivity index (χ4v) is 2.66. The molecule has 1 N–H and O–H groups in total. The molecule has 0 aliphatic carbocycles. The van der Waals surface area contributed by atoms with Crippen LogP contribution in [0, 0.1) is 12.7 Å². The van der Waals surface area contributed by atoms with Crippen LogP contribution >= 0.6 is 0 Å². The van der Waals surface area contributed by atoms with E-state index in [-0.39, 0.29) is 18.0 Å². The van der Waals surface area contributed by atoms with Crippen molar-refractivity contribution in [1.82, 2.24) is 10.2 Å². The third-order valence-corrected chi connectivity index (χ3v) is 3.66. The Balaban J connectivity index is 2.23. The number of nitrogens with one attached hydrogen (secondary N) is 1. The van der Waals surface area contributed by atoms with E-state index in [1.807, 2.05) is 13.0 Å². The average molecular weight is 266 g/mol. The first kappa shape index (κ1) is 14.4. The summed E-state index contributed by atoms with van der Waals surface area (Å²) in [5.41, 5.74) is 2.10. The number of rotatable bonds is 4. The predicted octanol–water partition coefficient (Wildman–Crippen LogP) is 2.12. The zero-order chi connectivity index (χ0) is 13.8. The first-order valence-electron chi connectivity index (χ1n) is 6.91. The lowest BCUT2D eigenvalue weighted by Crippen LogP contribution is -2.46. The highest BCUT2D eigenvalue weighted by Gasteiger charge is 2.28. The molecule has 2 rings (SSSR count). The summed E-state index contributed by atoms with van der Waals surface area (Å²) >= 11 is 0. The third kappa shape index (κ3) is 3.53. The summed E-state index contributed by atoms with van der Waals surface area (Å²) in [5, 5.41) is 3.48. The molecule has 1 heterocycles. The molecule has 0 bridgehead atoms. The number of aryl methyl sites for hydroxylation is 1. The van der Waals surface area contributed by atoms with Gasteiger partial charge < -0.3 is 15.0 Å². The van der Waals surface area contributed by atoms with Crippen LogP contribution in [0.15, 0.2) is 18.2 Å². The maximum absolute atomic E-state index is 13.2. The van der Waals surface area contributed by atoms with Crippen molar-refractivity contribution in [3.63, 3.8) is 0 Å². The number of hydrogen-bond donors (Lipinski definition) is 1. The monoisotopic (exact) mass is 266 g/mol.